The predicted molar refractivity (Wildman–Crippen MR) is 140 cm³/mol. The monoisotopic (exact) mass is 456 g/mol. The van der Waals surface area contributed by atoms with E-state index in [0.29, 0.717) is 16.7 Å². The number of rotatable bonds is 6. The average Bonchev–Trinajstić information content (AvgIpc) is 2.92. The molecule has 0 spiro atoms. The number of phenolic OH excluding ortho intramolecular Hbond substituents is 2. The van der Waals surface area contributed by atoms with E-state index in [9.17, 15) is 15.0 Å². The lowest BCUT2D eigenvalue weighted by Crippen LogP contribution is -2.05. The van der Waals surface area contributed by atoms with Crippen LogP contribution in [0.4, 0.5) is 0 Å². The summed E-state index contributed by atoms with van der Waals surface area (Å²) >= 11 is 0. The Labute approximate surface area is 204 Å². The van der Waals surface area contributed by atoms with Gasteiger partial charge in [0.1, 0.15) is 17.8 Å². The van der Waals surface area contributed by atoms with Gasteiger partial charge in [0.15, 0.2) is 0 Å². The van der Waals surface area contributed by atoms with Crippen LogP contribution in [0.1, 0.15) is 33.0 Å². The molecule has 3 nitrogen and oxygen atoms in total. The van der Waals surface area contributed by atoms with Crippen LogP contribution in [0.25, 0.3) is 22.3 Å². The maximum atomic E-state index is 11.3. The Bertz CT molecular complexity index is 1370. The summed E-state index contributed by atoms with van der Waals surface area (Å²) < 4.78 is 0. The highest BCUT2D eigenvalue weighted by Crippen LogP contribution is 2.43. The van der Waals surface area contributed by atoms with E-state index in [1.807, 2.05) is 97.1 Å². The maximum Gasteiger partial charge on any atom is 0.150 e. The summed E-state index contributed by atoms with van der Waals surface area (Å²) in [7, 11) is 0. The van der Waals surface area contributed by atoms with E-state index in [2.05, 4.69) is 0 Å². The first kappa shape index (κ1) is 22.2. The van der Waals surface area contributed by atoms with Crippen LogP contribution < -0.4 is 0 Å². The minimum absolute atomic E-state index is 0.138. The second kappa shape index (κ2) is 9.70. The van der Waals surface area contributed by atoms with Gasteiger partial charge in [0.2, 0.25) is 0 Å². The zero-order chi connectivity index (χ0) is 24.2. The lowest BCUT2D eigenvalue weighted by atomic mass is 9.82. The second-order valence-electron chi connectivity index (χ2n) is 8.50. The first-order valence-electron chi connectivity index (χ1n) is 11.5. The van der Waals surface area contributed by atoms with Crippen LogP contribution in [0.5, 0.6) is 11.5 Å². The van der Waals surface area contributed by atoms with Crippen molar-refractivity contribution in [3.05, 3.63) is 144 Å². The Balaban J connectivity index is 1.72. The molecule has 170 valence electrons. The van der Waals surface area contributed by atoms with E-state index >= 15 is 0 Å². The van der Waals surface area contributed by atoms with Crippen LogP contribution in [0.2, 0.25) is 0 Å². The molecule has 0 aliphatic rings. The van der Waals surface area contributed by atoms with E-state index < -0.39 is 5.92 Å². The maximum absolute atomic E-state index is 11.3. The molecule has 5 aromatic carbocycles. The summed E-state index contributed by atoms with van der Waals surface area (Å²) in [4.78, 5) is 11.3. The third kappa shape index (κ3) is 4.57. The number of benzene rings is 5. The van der Waals surface area contributed by atoms with Gasteiger partial charge in [-0.1, -0.05) is 97.1 Å². The fourth-order valence-corrected chi connectivity index (χ4v) is 4.49. The molecule has 0 bridgehead atoms. The molecule has 0 aliphatic carbocycles. The number of carbonyl (C=O) groups is 1. The molecule has 0 unspecified atom stereocenters. The molecule has 0 amide bonds. The number of carbonyl (C=O) groups excluding carboxylic acids is 1. The number of aldehydes is 1. The first-order chi connectivity index (χ1) is 17.1. The van der Waals surface area contributed by atoms with Crippen LogP contribution in [0, 0.1) is 0 Å². The molecule has 5 rings (SSSR count). The molecule has 5 aromatic rings. The molecular formula is C32H24O3. The molecule has 0 fully saturated rings. The smallest absolute Gasteiger partial charge is 0.150 e. The van der Waals surface area contributed by atoms with Gasteiger partial charge in [-0.3, -0.25) is 4.79 Å². The molecule has 0 heterocycles. The fraction of sp³-hybridized carbons (Fsp3) is 0.0312. The molecular weight excluding hydrogens is 432 g/mol. The summed E-state index contributed by atoms with van der Waals surface area (Å²) in [5.41, 5.74) is 6.76. The van der Waals surface area contributed by atoms with Crippen molar-refractivity contribution in [3.63, 3.8) is 0 Å². The highest BCUT2D eigenvalue weighted by molar-refractivity contribution is 5.75. The third-order valence-electron chi connectivity index (χ3n) is 6.30. The summed E-state index contributed by atoms with van der Waals surface area (Å²) in [6.45, 7) is 0. The largest absolute Gasteiger partial charge is 0.508 e. The Morgan fingerprint density at radius 3 is 1.40 bits per heavy atom. The van der Waals surface area contributed by atoms with Gasteiger partial charge in [-0.25, -0.2) is 0 Å². The lowest BCUT2D eigenvalue weighted by Gasteiger charge is -2.23. The number of phenols is 2. The number of aromatic hydroxyl groups is 2. The Morgan fingerprint density at radius 1 is 0.514 bits per heavy atom. The molecule has 35 heavy (non-hydrogen) atoms. The zero-order valence-corrected chi connectivity index (χ0v) is 19.0. The van der Waals surface area contributed by atoms with E-state index in [0.717, 1.165) is 34.1 Å². The van der Waals surface area contributed by atoms with Gasteiger partial charge in [-0.2, -0.15) is 0 Å². The quantitative estimate of drug-likeness (QED) is 0.206. The van der Waals surface area contributed by atoms with Crippen molar-refractivity contribution >= 4 is 6.29 Å². The SMILES string of the molecule is O=Cc1ccc(C(c2cc(-c3ccccc3)ccc2O)c2cc(-c3ccccc3)ccc2O)cc1. The minimum Gasteiger partial charge on any atom is -0.508 e. The topological polar surface area (TPSA) is 57.5 Å². The van der Waals surface area contributed by atoms with Crippen molar-refractivity contribution in [1.29, 1.82) is 0 Å². The lowest BCUT2D eigenvalue weighted by molar-refractivity contribution is 0.112. The predicted octanol–water partition coefficient (Wildman–Crippen LogP) is 7.42. The Hall–Kier alpha value is -4.63. The van der Waals surface area contributed by atoms with Crippen molar-refractivity contribution in [1.82, 2.24) is 0 Å². The highest BCUT2D eigenvalue weighted by atomic mass is 16.3. The van der Waals surface area contributed by atoms with Gasteiger partial charge in [0.05, 0.1) is 0 Å². The summed E-state index contributed by atoms with van der Waals surface area (Å²) in [6, 6.07) is 38.3. The minimum atomic E-state index is -0.456. The third-order valence-corrected chi connectivity index (χ3v) is 6.30. The van der Waals surface area contributed by atoms with Crippen LogP contribution in [0.3, 0.4) is 0 Å². The van der Waals surface area contributed by atoms with Gasteiger partial charge in [0.25, 0.3) is 0 Å². The van der Waals surface area contributed by atoms with Crippen molar-refractivity contribution in [2.24, 2.45) is 0 Å². The van der Waals surface area contributed by atoms with E-state index in [1.54, 1.807) is 24.3 Å². The van der Waals surface area contributed by atoms with Crippen molar-refractivity contribution < 1.29 is 15.0 Å². The summed E-state index contributed by atoms with van der Waals surface area (Å²) in [5.74, 6) is -0.180. The second-order valence-corrected chi connectivity index (χ2v) is 8.50. The molecule has 2 N–H and O–H groups in total. The van der Waals surface area contributed by atoms with Crippen molar-refractivity contribution in [3.8, 4) is 33.8 Å². The van der Waals surface area contributed by atoms with Crippen LogP contribution in [0.15, 0.2) is 121 Å². The fourth-order valence-electron chi connectivity index (χ4n) is 4.49. The van der Waals surface area contributed by atoms with Crippen molar-refractivity contribution in [2.45, 2.75) is 5.92 Å². The first-order valence-corrected chi connectivity index (χ1v) is 11.5. The van der Waals surface area contributed by atoms with Crippen LogP contribution >= 0.6 is 0 Å². The summed E-state index contributed by atoms with van der Waals surface area (Å²) in [6.07, 6.45) is 0.805. The van der Waals surface area contributed by atoms with Gasteiger partial charge >= 0.3 is 0 Å². The van der Waals surface area contributed by atoms with Crippen molar-refractivity contribution in [2.75, 3.05) is 0 Å². The number of hydrogen-bond donors (Lipinski definition) is 2. The highest BCUT2D eigenvalue weighted by Gasteiger charge is 2.24. The van der Waals surface area contributed by atoms with Crippen LogP contribution in [-0.2, 0) is 0 Å². The van der Waals surface area contributed by atoms with Gasteiger partial charge < -0.3 is 10.2 Å². The van der Waals surface area contributed by atoms with E-state index in [-0.39, 0.29) is 11.5 Å². The molecule has 0 aromatic heterocycles. The molecule has 0 saturated carbocycles. The Morgan fingerprint density at radius 2 is 0.971 bits per heavy atom. The molecule has 0 radical (unpaired) electrons. The van der Waals surface area contributed by atoms with E-state index in [4.69, 9.17) is 0 Å². The normalized spacial score (nSPS) is 10.9. The zero-order valence-electron chi connectivity index (χ0n) is 19.0. The molecule has 0 aliphatic heterocycles. The van der Waals surface area contributed by atoms with Gasteiger partial charge in [-0.05, 0) is 52.1 Å². The van der Waals surface area contributed by atoms with Gasteiger partial charge in [-0.15, -0.1) is 0 Å². The van der Waals surface area contributed by atoms with E-state index in [1.165, 1.54) is 0 Å². The molecule has 0 saturated heterocycles. The average molecular weight is 457 g/mol. The Kier molecular flexibility index (Phi) is 6.15. The number of hydrogen-bond acceptors (Lipinski definition) is 3. The molecule has 3 heteroatoms. The summed E-state index contributed by atoms with van der Waals surface area (Å²) in [5, 5.41) is 22.0. The standard InChI is InChI=1S/C32H24O3/c33-21-22-11-13-25(14-12-22)32(28-19-26(15-17-30(28)34)23-7-3-1-4-8-23)29-20-27(16-18-31(29)35)24-9-5-2-6-10-24/h1-21,32,34-35H. The van der Waals surface area contributed by atoms with Crippen LogP contribution in [-0.4, -0.2) is 16.5 Å². The molecule has 0 atom stereocenters. The van der Waals surface area contributed by atoms with Gasteiger partial charge in [0, 0.05) is 22.6 Å².